The molecule has 6 nitrogen and oxygen atoms in total. The number of nitrogens with two attached hydrogens (primary N) is 1. The molecule has 1 amide bonds. The minimum absolute atomic E-state index is 0.0328. The van der Waals surface area contributed by atoms with Crippen LogP contribution in [0.4, 0.5) is 0 Å². The van der Waals surface area contributed by atoms with Crippen LogP contribution in [-0.4, -0.2) is 33.4 Å². The topological polar surface area (TPSA) is 81.2 Å². The summed E-state index contributed by atoms with van der Waals surface area (Å²) in [5, 5.41) is 1.51. The van der Waals surface area contributed by atoms with Gasteiger partial charge in [0.25, 0.3) is 11.5 Å². The minimum Gasteiger partial charge on any atom is -0.330 e. The average molecular weight is 644 g/mol. The van der Waals surface area contributed by atoms with Gasteiger partial charge in [0, 0.05) is 32.1 Å². The van der Waals surface area contributed by atoms with Crippen LogP contribution in [0, 0.1) is 5.92 Å². The summed E-state index contributed by atoms with van der Waals surface area (Å²) < 4.78 is 4.38. The number of carbonyl (C=O) groups is 1. The molecule has 2 N–H and O–H groups in total. The molecule has 5 aromatic rings. The number of benzene rings is 2. The number of nitrogens with zero attached hydrogens (tertiary/aromatic N) is 3. The third-order valence-electron chi connectivity index (χ3n) is 6.64. The van der Waals surface area contributed by atoms with E-state index in [0.29, 0.717) is 52.7 Å². The molecule has 0 saturated heterocycles. The van der Waals surface area contributed by atoms with E-state index < -0.39 is 6.04 Å². The van der Waals surface area contributed by atoms with Crippen molar-refractivity contribution >= 4 is 76.4 Å². The summed E-state index contributed by atoms with van der Waals surface area (Å²) in [6.07, 6.45) is 0.619. The van der Waals surface area contributed by atoms with Crippen LogP contribution in [0.3, 0.4) is 0 Å². The molecule has 0 bridgehead atoms. The Bertz CT molecular complexity index is 1690. The van der Waals surface area contributed by atoms with Gasteiger partial charge in [-0.1, -0.05) is 43.6 Å². The lowest BCUT2D eigenvalue weighted by atomic mass is 9.99. The quantitative estimate of drug-likeness (QED) is 0.182. The second kappa shape index (κ2) is 11.9. The largest absolute Gasteiger partial charge is 0.330 e. The van der Waals surface area contributed by atoms with Gasteiger partial charge in [0.1, 0.15) is 10.5 Å². The molecule has 1 atom stereocenters. The average Bonchev–Trinajstić information content (AvgIpc) is 3.51. The highest BCUT2D eigenvalue weighted by Gasteiger charge is 2.33. The molecule has 39 heavy (non-hydrogen) atoms. The van der Waals surface area contributed by atoms with Gasteiger partial charge in [0.15, 0.2) is 0 Å². The Morgan fingerprint density at radius 3 is 2.51 bits per heavy atom. The van der Waals surface area contributed by atoms with E-state index in [1.165, 1.54) is 11.3 Å². The van der Waals surface area contributed by atoms with Gasteiger partial charge >= 0.3 is 0 Å². The maximum Gasteiger partial charge on any atom is 0.271 e. The highest BCUT2D eigenvalue weighted by molar-refractivity contribution is 9.11. The number of fused-ring (bicyclic) bond motifs is 3. The number of aromatic nitrogens is 2. The molecular weight excluding hydrogens is 616 g/mol. The van der Waals surface area contributed by atoms with E-state index in [-0.39, 0.29) is 17.4 Å². The molecule has 0 aliphatic rings. The smallest absolute Gasteiger partial charge is 0.271 e. The van der Waals surface area contributed by atoms with Gasteiger partial charge in [-0.2, -0.15) is 0 Å². The normalized spacial score (nSPS) is 12.5. The Labute approximate surface area is 248 Å². The lowest BCUT2D eigenvalue weighted by Gasteiger charge is -2.35. The molecule has 0 fully saturated rings. The Morgan fingerprint density at radius 2 is 1.85 bits per heavy atom. The number of halogens is 2. The van der Waals surface area contributed by atoms with Crippen LogP contribution < -0.4 is 11.3 Å². The van der Waals surface area contributed by atoms with Crippen LogP contribution in [0.2, 0.25) is 5.02 Å². The molecular formula is C29H28BrClN4O2S2. The first-order chi connectivity index (χ1) is 18.8. The van der Waals surface area contributed by atoms with E-state index in [0.717, 1.165) is 18.7 Å². The van der Waals surface area contributed by atoms with Gasteiger partial charge in [-0.05, 0) is 77.3 Å². The van der Waals surface area contributed by atoms with Gasteiger partial charge in [-0.3, -0.25) is 14.2 Å². The van der Waals surface area contributed by atoms with Gasteiger partial charge < -0.3 is 10.6 Å². The predicted molar refractivity (Wildman–Crippen MR) is 166 cm³/mol. The van der Waals surface area contributed by atoms with Crippen molar-refractivity contribution in [3.05, 3.63) is 96.1 Å². The number of thiophene rings is 2. The van der Waals surface area contributed by atoms with E-state index in [9.17, 15) is 9.59 Å². The molecule has 0 radical (unpaired) electrons. The molecule has 10 heteroatoms. The van der Waals surface area contributed by atoms with Crippen molar-refractivity contribution in [2.75, 3.05) is 13.1 Å². The highest BCUT2D eigenvalue weighted by atomic mass is 79.9. The fourth-order valence-electron chi connectivity index (χ4n) is 4.84. The van der Waals surface area contributed by atoms with Crippen molar-refractivity contribution in [3.8, 4) is 0 Å². The summed E-state index contributed by atoms with van der Waals surface area (Å²) >= 11 is 12.7. The van der Waals surface area contributed by atoms with Crippen molar-refractivity contribution in [2.45, 2.75) is 32.9 Å². The van der Waals surface area contributed by atoms with E-state index in [1.54, 1.807) is 40.2 Å². The fourth-order valence-corrected chi connectivity index (χ4v) is 7.53. The minimum atomic E-state index is -0.459. The molecule has 202 valence electrons. The summed E-state index contributed by atoms with van der Waals surface area (Å²) in [5.74, 6) is 0.401. The maximum absolute atomic E-state index is 14.2. The van der Waals surface area contributed by atoms with Crippen LogP contribution in [0.5, 0.6) is 0 Å². The van der Waals surface area contributed by atoms with Crippen LogP contribution in [-0.2, 0) is 6.54 Å². The summed E-state index contributed by atoms with van der Waals surface area (Å²) in [7, 11) is 0. The first-order valence-electron chi connectivity index (χ1n) is 12.7. The second-order valence-corrected chi connectivity index (χ2v) is 13.7. The van der Waals surface area contributed by atoms with Gasteiger partial charge in [-0.25, -0.2) is 4.98 Å². The van der Waals surface area contributed by atoms with E-state index >= 15 is 0 Å². The number of hydrogen-bond acceptors (Lipinski definition) is 6. The summed E-state index contributed by atoms with van der Waals surface area (Å²) in [6, 6.07) is 18.4. The van der Waals surface area contributed by atoms with Gasteiger partial charge in [-0.15, -0.1) is 22.7 Å². The first-order valence-corrected chi connectivity index (χ1v) is 15.5. The zero-order chi connectivity index (χ0) is 27.7. The third kappa shape index (κ3) is 5.69. The molecule has 0 saturated carbocycles. The van der Waals surface area contributed by atoms with Crippen molar-refractivity contribution < 1.29 is 4.79 Å². The highest BCUT2D eigenvalue weighted by Crippen LogP contribution is 2.35. The Kier molecular flexibility index (Phi) is 8.54. The third-order valence-corrected chi connectivity index (χ3v) is 9.65. The van der Waals surface area contributed by atoms with Crippen LogP contribution in [0.1, 0.15) is 47.4 Å². The van der Waals surface area contributed by atoms with Crippen LogP contribution >= 0.6 is 50.2 Å². The summed E-state index contributed by atoms with van der Waals surface area (Å²) in [6.45, 7) is 5.36. The van der Waals surface area contributed by atoms with Crippen LogP contribution in [0.25, 0.3) is 20.3 Å². The van der Waals surface area contributed by atoms with Crippen molar-refractivity contribution in [2.24, 2.45) is 11.7 Å². The second-order valence-electron chi connectivity index (χ2n) is 9.68. The van der Waals surface area contributed by atoms with Crippen molar-refractivity contribution in [3.63, 3.8) is 0 Å². The first kappa shape index (κ1) is 28.0. The standard InChI is InChI=1S/C29H28BrClN4O2S2/c1-17(2)25(34(15-5-14-32)28(36)18-8-10-19(31)11-9-18)27-33-24-21-6-3-4-7-22(21)39-26(24)29(37)35(27)16-20-12-13-23(30)38-20/h3-4,6-13,17,25H,5,14-16,32H2,1-2H3. The van der Waals surface area contributed by atoms with E-state index in [2.05, 4.69) is 29.8 Å². The monoisotopic (exact) mass is 642 g/mol. The molecule has 5 rings (SSSR count). The lowest BCUT2D eigenvalue weighted by molar-refractivity contribution is 0.0603. The van der Waals surface area contributed by atoms with Crippen molar-refractivity contribution in [1.82, 2.24) is 14.5 Å². The van der Waals surface area contributed by atoms with Gasteiger partial charge in [0.2, 0.25) is 0 Å². The molecule has 1 unspecified atom stereocenters. The van der Waals surface area contributed by atoms with Crippen molar-refractivity contribution in [1.29, 1.82) is 0 Å². The molecule has 0 aliphatic heterocycles. The van der Waals surface area contributed by atoms with E-state index in [4.69, 9.17) is 22.3 Å². The number of hydrogen-bond donors (Lipinski definition) is 1. The number of carbonyl (C=O) groups excluding carboxylic acids is 1. The number of amides is 1. The number of rotatable bonds is 9. The Morgan fingerprint density at radius 1 is 1.10 bits per heavy atom. The molecule has 3 aromatic heterocycles. The zero-order valence-electron chi connectivity index (χ0n) is 21.6. The molecule has 0 aliphatic carbocycles. The summed E-state index contributed by atoms with van der Waals surface area (Å²) in [5.41, 5.74) is 7.02. The SMILES string of the molecule is CC(C)C(c1nc2c(sc3ccccc32)c(=O)n1Cc1ccc(Br)s1)N(CCCN)C(=O)c1ccc(Cl)cc1. The maximum atomic E-state index is 14.2. The molecule has 3 heterocycles. The predicted octanol–water partition coefficient (Wildman–Crippen LogP) is 7.33. The lowest BCUT2D eigenvalue weighted by Crippen LogP contribution is -2.42. The Hall–Kier alpha value is -2.56. The van der Waals surface area contributed by atoms with E-state index in [1.807, 2.05) is 41.3 Å². The zero-order valence-corrected chi connectivity index (χ0v) is 25.5. The van der Waals surface area contributed by atoms with Gasteiger partial charge in [0.05, 0.1) is 21.9 Å². The summed E-state index contributed by atoms with van der Waals surface area (Å²) in [4.78, 5) is 36.2. The molecule has 2 aromatic carbocycles. The van der Waals surface area contributed by atoms with Crippen LogP contribution in [0.15, 0.2) is 69.2 Å². The molecule has 0 spiro atoms. The fraction of sp³-hybridized carbons (Fsp3) is 0.276. The Balaban J connectivity index is 1.74.